The fourth-order valence-electron chi connectivity index (χ4n) is 1.99. The highest BCUT2D eigenvalue weighted by molar-refractivity contribution is 5.74. The molecule has 0 heterocycles. The Morgan fingerprint density at radius 1 is 1.47 bits per heavy atom. The van der Waals surface area contributed by atoms with Crippen molar-refractivity contribution >= 4 is 12.0 Å². The van der Waals surface area contributed by atoms with E-state index in [1.807, 2.05) is 0 Å². The van der Waals surface area contributed by atoms with E-state index in [-0.39, 0.29) is 25.0 Å². The van der Waals surface area contributed by atoms with Gasteiger partial charge in [-0.1, -0.05) is 12.2 Å². The molecule has 3 N–H and O–H groups in total. The smallest absolute Gasteiger partial charge is 0.315 e. The summed E-state index contributed by atoms with van der Waals surface area (Å²) < 4.78 is 5.26. The average molecular weight is 270 g/mol. The molecule has 6 heteroatoms. The van der Waals surface area contributed by atoms with Crippen LogP contribution in [0.25, 0.3) is 0 Å². The Balaban J connectivity index is 2.26. The van der Waals surface area contributed by atoms with Crippen molar-refractivity contribution in [3.63, 3.8) is 0 Å². The molecule has 0 saturated carbocycles. The Hall–Kier alpha value is -1.56. The average Bonchev–Trinajstić information content (AvgIpc) is 2.37. The highest BCUT2D eigenvalue weighted by Crippen LogP contribution is 2.10. The number of rotatable bonds is 7. The van der Waals surface area contributed by atoms with E-state index in [4.69, 9.17) is 9.84 Å². The van der Waals surface area contributed by atoms with Gasteiger partial charge in [-0.15, -0.1) is 0 Å². The number of hydrogen-bond donors (Lipinski definition) is 3. The van der Waals surface area contributed by atoms with E-state index in [9.17, 15) is 9.59 Å². The summed E-state index contributed by atoms with van der Waals surface area (Å²) in [6.45, 7) is 2.42. The molecule has 0 aromatic rings. The molecule has 1 rings (SSSR count). The molecule has 2 amide bonds. The highest BCUT2D eigenvalue weighted by Gasteiger charge is 2.16. The lowest BCUT2D eigenvalue weighted by Gasteiger charge is -2.21. The summed E-state index contributed by atoms with van der Waals surface area (Å²) in [5, 5.41) is 14.2. The van der Waals surface area contributed by atoms with Crippen LogP contribution in [0, 0.1) is 0 Å². The van der Waals surface area contributed by atoms with E-state index < -0.39 is 12.1 Å². The summed E-state index contributed by atoms with van der Waals surface area (Å²) in [5.41, 5.74) is 0. The molecule has 108 valence electrons. The van der Waals surface area contributed by atoms with Crippen LogP contribution in [0.15, 0.2) is 12.2 Å². The fraction of sp³-hybridized carbons (Fsp3) is 0.692. The van der Waals surface area contributed by atoms with Crippen molar-refractivity contribution < 1.29 is 19.4 Å². The Morgan fingerprint density at radius 3 is 2.84 bits per heavy atom. The molecule has 0 aromatic carbocycles. The number of amides is 2. The largest absolute Gasteiger partial charge is 0.481 e. The Labute approximate surface area is 113 Å². The second-order valence-corrected chi connectivity index (χ2v) is 4.51. The predicted molar refractivity (Wildman–Crippen MR) is 71.0 cm³/mol. The molecular formula is C13H22N2O4. The minimum absolute atomic E-state index is 0.111. The SMILES string of the molecule is CCOC(CNC(=O)NC1CC=CCC1)CC(=O)O. The maximum Gasteiger partial charge on any atom is 0.315 e. The minimum atomic E-state index is -0.932. The van der Waals surface area contributed by atoms with Crippen molar-refractivity contribution in [2.24, 2.45) is 0 Å². The third-order valence-corrected chi connectivity index (χ3v) is 2.90. The van der Waals surface area contributed by atoms with Crippen molar-refractivity contribution in [3.05, 3.63) is 12.2 Å². The van der Waals surface area contributed by atoms with Gasteiger partial charge in [-0.2, -0.15) is 0 Å². The molecule has 0 aromatic heterocycles. The number of allylic oxidation sites excluding steroid dienone is 1. The van der Waals surface area contributed by atoms with Gasteiger partial charge in [-0.05, 0) is 26.2 Å². The molecule has 2 atom stereocenters. The summed E-state index contributed by atoms with van der Waals surface area (Å²) in [6, 6.07) is -0.106. The number of carbonyl (C=O) groups is 2. The molecule has 0 fully saturated rings. The first-order valence-corrected chi connectivity index (χ1v) is 6.64. The van der Waals surface area contributed by atoms with Gasteiger partial charge in [0.1, 0.15) is 0 Å². The van der Waals surface area contributed by atoms with Crippen molar-refractivity contribution in [3.8, 4) is 0 Å². The molecule has 0 bridgehead atoms. The Bertz CT molecular complexity index is 331. The summed E-state index contributed by atoms with van der Waals surface area (Å²) >= 11 is 0. The zero-order valence-electron chi connectivity index (χ0n) is 11.2. The van der Waals surface area contributed by atoms with Gasteiger partial charge in [-0.3, -0.25) is 4.79 Å². The first-order chi connectivity index (χ1) is 9.11. The summed E-state index contributed by atoms with van der Waals surface area (Å²) in [4.78, 5) is 22.3. The van der Waals surface area contributed by atoms with E-state index in [2.05, 4.69) is 22.8 Å². The third-order valence-electron chi connectivity index (χ3n) is 2.90. The number of carbonyl (C=O) groups excluding carboxylic acids is 1. The van der Waals surface area contributed by atoms with Gasteiger partial charge in [0.25, 0.3) is 0 Å². The van der Waals surface area contributed by atoms with Crippen LogP contribution >= 0.6 is 0 Å². The van der Waals surface area contributed by atoms with Crippen LogP contribution in [-0.2, 0) is 9.53 Å². The van der Waals surface area contributed by atoms with Gasteiger partial charge < -0.3 is 20.5 Å². The molecule has 19 heavy (non-hydrogen) atoms. The number of aliphatic carboxylic acids is 1. The fourth-order valence-corrected chi connectivity index (χ4v) is 1.99. The molecule has 0 saturated heterocycles. The highest BCUT2D eigenvalue weighted by atomic mass is 16.5. The first-order valence-electron chi connectivity index (χ1n) is 6.64. The lowest BCUT2D eigenvalue weighted by atomic mass is 10.0. The maximum absolute atomic E-state index is 11.7. The van der Waals surface area contributed by atoms with E-state index in [0.29, 0.717) is 6.61 Å². The maximum atomic E-state index is 11.7. The van der Waals surface area contributed by atoms with Crippen LogP contribution in [0.2, 0.25) is 0 Å². The summed E-state index contributed by atoms with van der Waals surface area (Å²) in [6.07, 6.45) is 6.33. The zero-order chi connectivity index (χ0) is 14.1. The van der Waals surface area contributed by atoms with E-state index in [0.717, 1.165) is 19.3 Å². The van der Waals surface area contributed by atoms with Crippen molar-refractivity contribution in [2.75, 3.05) is 13.2 Å². The van der Waals surface area contributed by atoms with Crippen LogP contribution in [0.5, 0.6) is 0 Å². The van der Waals surface area contributed by atoms with Gasteiger partial charge in [-0.25, -0.2) is 4.79 Å². The topological polar surface area (TPSA) is 87.7 Å². The quantitative estimate of drug-likeness (QED) is 0.608. The number of carboxylic acid groups (broad SMARTS) is 1. The molecule has 1 aliphatic carbocycles. The zero-order valence-corrected chi connectivity index (χ0v) is 11.2. The Kier molecular flexibility index (Phi) is 6.95. The van der Waals surface area contributed by atoms with Gasteiger partial charge in [0.15, 0.2) is 0 Å². The normalized spacial score (nSPS) is 19.7. The van der Waals surface area contributed by atoms with Crippen LogP contribution in [0.3, 0.4) is 0 Å². The number of nitrogens with one attached hydrogen (secondary N) is 2. The van der Waals surface area contributed by atoms with Crippen molar-refractivity contribution in [2.45, 2.75) is 44.8 Å². The monoisotopic (exact) mass is 270 g/mol. The predicted octanol–water partition coefficient (Wildman–Crippen LogP) is 1.27. The van der Waals surface area contributed by atoms with E-state index in [1.165, 1.54) is 0 Å². The van der Waals surface area contributed by atoms with Crippen molar-refractivity contribution in [1.29, 1.82) is 0 Å². The number of carboxylic acids is 1. The standard InChI is InChI=1S/C13H22N2O4/c1-2-19-11(8-12(16)17)9-14-13(18)15-10-6-4-3-5-7-10/h3-4,10-11H,2,5-9H2,1H3,(H,16,17)(H2,14,15,18). The van der Waals surface area contributed by atoms with Crippen molar-refractivity contribution in [1.82, 2.24) is 10.6 Å². The van der Waals surface area contributed by atoms with E-state index in [1.54, 1.807) is 6.92 Å². The lowest BCUT2D eigenvalue weighted by Crippen LogP contribution is -2.45. The second kappa shape index (κ2) is 8.53. The molecule has 1 aliphatic rings. The minimum Gasteiger partial charge on any atom is -0.481 e. The first kappa shape index (κ1) is 15.5. The molecule has 2 unspecified atom stereocenters. The van der Waals surface area contributed by atoms with Crippen LogP contribution in [0.4, 0.5) is 4.79 Å². The van der Waals surface area contributed by atoms with E-state index >= 15 is 0 Å². The molecule has 6 nitrogen and oxygen atoms in total. The van der Waals surface area contributed by atoms with Crippen LogP contribution < -0.4 is 10.6 Å². The molecular weight excluding hydrogens is 248 g/mol. The molecule has 0 radical (unpaired) electrons. The number of urea groups is 1. The van der Waals surface area contributed by atoms with Gasteiger partial charge in [0.2, 0.25) is 0 Å². The van der Waals surface area contributed by atoms with Gasteiger partial charge >= 0.3 is 12.0 Å². The third kappa shape index (κ3) is 6.81. The summed E-state index contributed by atoms with van der Waals surface area (Å²) in [5.74, 6) is -0.932. The van der Waals surface area contributed by atoms with Crippen LogP contribution in [0.1, 0.15) is 32.6 Å². The number of ether oxygens (including phenoxy) is 1. The molecule has 0 aliphatic heterocycles. The van der Waals surface area contributed by atoms with Gasteiger partial charge in [0, 0.05) is 19.2 Å². The Morgan fingerprint density at radius 2 is 2.26 bits per heavy atom. The van der Waals surface area contributed by atoms with Gasteiger partial charge in [0.05, 0.1) is 12.5 Å². The lowest BCUT2D eigenvalue weighted by molar-refractivity contribution is -0.140. The second-order valence-electron chi connectivity index (χ2n) is 4.51. The number of hydrogen-bond acceptors (Lipinski definition) is 3. The molecule has 0 spiro atoms. The summed E-state index contributed by atoms with van der Waals surface area (Å²) in [7, 11) is 0. The van der Waals surface area contributed by atoms with Crippen LogP contribution in [-0.4, -0.2) is 42.4 Å².